The van der Waals surface area contributed by atoms with Crippen molar-refractivity contribution in [3.05, 3.63) is 65.2 Å². The van der Waals surface area contributed by atoms with Crippen LogP contribution in [0.5, 0.6) is 5.75 Å². The van der Waals surface area contributed by atoms with Gasteiger partial charge in [0.2, 0.25) is 0 Å². The summed E-state index contributed by atoms with van der Waals surface area (Å²) in [4.78, 5) is 24.2. The van der Waals surface area contributed by atoms with Gasteiger partial charge in [-0.05, 0) is 49.7 Å². The van der Waals surface area contributed by atoms with Crippen molar-refractivity contribution in [2.75, 3.05) is 13.2 Å². The van der Waals surface area contributed by atoms with E-state index in [0.29, 0.717) is 17.7 Å². The van der Waals surface area contributed by atoms with Gasteiger partial charge in [0.1, 0.15) is 5.75 Å². The SMILES string of the molecule is CCCCCOc1ccc(C(=O)CNC(=O)c2ccc(C)cc2)cc1. The number of Topliss-reactive ketones (excluding diaryl/α,β-unsaturated/α-hetero) is 1. The average molecular weight is 339 g/mol. The molecule has 0 spiro atoms. The number of aryl methyl sites for hydroxylation is 1. The van der Waals surface area contributed by atoms with Gasteiger partial charge in [-0.25, -0.2) is 0 Å². The van der Waals surface area contributed by atoms with E-state index in [9.17, 15) is 9.59 Å². The summed E-state index contributed by atoms with van der Waals surface area (Å²) in [5, 5.41) is 2.66. The molecule has 0 unspecified atom stereocenters. The highest BCUT2D eigenvalue weighted by atomic mass is 16.5. The van der Waals surface area contributed by atoms with Crippen LogP contribution in [0, 0.1) is 6.92 Å². The van der Waals surface area contributed by atoms with Gasteiger partial charge in [0.15, 0.2) is 5.78 Å². The maximum atomic E-state index is 12.2. The highest BCUT2D eigenvalue weighted by Gasteiger charge is 2.10. The van der Waals surface area contributed by atoms with E-state index in [4.69, 9.17) is 4.74 Å². The number of ketones is 1. The van der Waals surface area contributed by atoms with E-state index in [2.05, 4.69) is 12.2 Å². The van der Waals surface area contributed by atoms with Crippen LogP contribution in [0.25, 0.3) is 0 Å². The van der Waals surface area contributed by atoms with Gasteiger partial charge in [-0.3, -0.25) is 9.59 Å². The Bertz CT molecular complexity index is 690. The zero-order chi connectivity index (χ0) is 18.1. The molecular formula is C21H25NO3. The molecule has 0 fully saturated rings. The number of nitrogens with one attached hydrogen (secondary N) is 1. The van der Waals surface area contributed by atoms with E-state index in [0.717, 1.165) is 30.6 Å². The normalized spacial score (nSPS) is 10.3. The Kier molecular flexibility index (Phi) is 7.20. The summed E-state index contributed by atoms with van der Waals surface area (Å²) in [5.74, 6) is 0.388. The molecule has 4 heteroatoms. The quantitative estimate of drug-likeness (QED) is 0.551. The summed E-state index contributed by atoms with van der Waals surface area (Å²) in [5.41, 5.74) is 2.20. The molecule has 2 aromatic carbocycles. The summed E-state index contributed by atoms with van der Waals surface area (Å²) in [6.45, 7) is 4.78. The lowest BCUT2D eigenvalue weighted by atomic mass is 10.1. The van der Waals surface area contributed by atoms with Gasteiger partial charge in [-0.1, -0.05) is 37.5 Å². The van der Waals surface area contributed by atoms with E-state index in [1.54, 1.807) is 36.4 Å². The lowest BCUT2D eigenvalue weighted by Crippen LogP contribution is -2.29. The van der Waals surface area contributed by atoms with Crippen LogP contribution in [0.2, 0.25) is 0 Å². The Morgan fingerprint density at radius 1 is 0.920 bits per heavy atom. The zero-order valence-electron chi connectivity index (χ0n) is 14.9. The van der Waals surface area contributed by atoms with Crippen LogP contribution in [0.3, 0.4) is 0 Å². The highest BCUT2D eigenvalue weighted by molar-refractivity contribution is 6.02. The Morgan fingerprint density at radius 3 is 2.20 bits per heavy atom. The predicted molar refractivity (Wildman–Crippen MR) is 99.3 cm³/mol. The number of amides is 1. The van der Waals surface area contributed by atoms with Crippen molar-refractivity contribution in [1.29, 1.82) is 0 Å². The van der Waals surface area contributed by atoms with Crippen LogP contribution < -0.4 is 10.1 Å². The van der Waals surface area contributed by atoms with Gasteiger partial charge in [-0.2, -0.15) is 0 Å². The van der Waals surface area contributed by atoms with Gasteiger partial charge >= 0.3 is 0 Å². The summed E-state index contributed by atoms with van der Waals surface area (Å²) < 4.78 is 5.63. The van der Waals surface area contributed by atoms with Crippen LogP contribution in [-0.2, 0) is 0 Å². The highest BCUT2D eigenvalue weighted by Crippen LogP contribution is 2.13. The molecule has 25 heavy (non-hydrogen) atoms. The van der Waals surface area contributed by atoms with Gasteiger partial charge in [0.05, 0.1) is 13.2 Å². The smallest absolute Gasteiger partial charge is 0.251 e. The van der Waals surface area contributed by atoms with Crippen LogP contribution in [0.4, 0.5) is 0 Å². The van der Waals surface area contributed by atoms with Crippen LogP contribution in [0.1, 0.15) is 52.5 Å². The minimum Gasteiger partial charge on any atom is -0.494 e. The monoisotopic (exact) mass is 339 g/mol. The van der Waals surface area contributed by atoms with Crippen LogP contribution in [0.15, 0.2) is 48.5 Å². The number of hydrogen-bond donors (Lipinski definition) is 1. The molecule has 1 N–H and O–H groups in total. The van der Waals surface area contributed by atoms with Crippen LogP contribution >= 0.6 is 0 Å². The molecule has 0 radical (unpaired) electrons. The van der Waals surface area contributed by atoms with Gasteiger partial charge < -0.3 is 10.1 Å². The summed E-state index contributed by atoms with van der Waals surface area (Å²) in [6, 6.07) is 14.3. The first-order chi connectivity index (χ1) is 12.1. The molecule has 2 rings (SSSR count). The first-order valence-electron chi connectivity index (χ1n) is 8.71. The van der Waals surface area contributed by atoms with E-state index < -0.39 is 0 Å². The van der Waals surface area contributed by atoms with Crippen molar-refractivity contribution in [3.63, 3.8) is 0 Å². The van der Waals surface area contributed by atoms with Crippen molar-refractivity contribution in [1.82, 2.24) is 5.32 Å². The van der Waals surface area contributed by atoms with Gasteiger partial charge in [-0.15, -0.1) is 0 Å². The predicted octanol–water partition coefficient (Wildman–Crippen LogP) is 4.18. The number of carbonyl (C=O) groups excluding carboxylic acids is 2. The fraction of sp³-hybridized carbons (Fsp3) is 0.333. The molecular weight excluding hydrogens is 314 g/mol. The van der Waals surface area contributed by atoms with Crippen molar-refractivity contribution < 1.29 is 14.3 Å². The van der Waals surface area contributed by atoms with Gasteiger partial charge in [0.25, 0.3) is 5.91 Å². The minimum absolute atomic E-state index is 0.0244. The first kappa shape index (κ1) is 18.7. The summed E-state index contributed by atoms with van der Waals surface area (Å²) in [7, 11) is 0. The second-order valence-corrected chi connectivity index (χ2v) is 6.05. The molecule has 0 aliphatic heterocycles. The minimum atomic E-state index is -0.246. The molecule has 0 heterocycles. The van der Waals surface area contributed by atoms with E-state index >= 15 is 0 Å². The Balaban J connectivity index is 1.82. The van der Waals surface area contributed by atoms with Crippen LogP contribution in [-0.4, -0.2) is 24.8 Å². The molecule has 4 nitrogen and oxygen atoms in total. The summed E-state index contributed by atoms with van der Waals surface area (Å²) in [6.07, 6.45) is 3.34. The first-order valence-corrected chi connectivity index (χ1v) is 8.71. The van der Waals surface area contributed by atoms with Crippen molar-refractivity contribution in [2.24, 2.45) is 0 Å². The van der Waals surface area contributed by atoms with Crippen molar-refractivity contribution >= 4 is 11.7 Å². The Labute approximate surface area is 149 Å². The summed E-state index contributed by atoms with van der Waals surface area (Å²) >= 11 is 0. The third kappa shape index (κ3) is 6.07. The van der Waals surface area contributed by atoms with Crippen molar-refractivity contribution in [3.8, 4) is 5.75 Å². The Morgan fingerprint density at radius 2 is 1.56 bits per heavy atom. The average Bonchev–Trinajstić information content (AvgIpc) is 2.64. The maximum Gasteiger partial charge on any atom is 0.251 e. The molecule has 0 aromatic heterocycles. The van der Waals surface area contributed by atoms with E-state index in [1.807, 2.05) is 19.1 Å². The molecule has 0 saturated carbocycles. The fourth-order valence-electron chi connectivity index (χ4n) is 2.35. The fourth-order valence-corrected chi connectivity index (χ4v) is 2.35. The molecule has 2 aromatic rings. The number of unbranched alkanes of at least 4 members (excludes halogenated alkanes) is 2. The molecule has 0 saturated heterocycles. The lowest BCUT2D eigenvalue weighted by molar-refractivity contribution is 0.0904. The Hall–Kier alpha value is -2.62. The van der Waals surface area contributed by atoms with Gasteiger partial charge in [0, 0.05) is 11.1 Å². The molecule has 1 amide bonds. The standard InChI is InChI=1S/C21H25NO3/c1-3-4-5-14-25-19-12-10-17(11-13-19)20(23)15-22-21(24)18-8-6-16(2)7-9-18/h6-13H,3-5,14-15H2,1-2H3,(H,22,24). The molecule has 132 valence electrons. The molecule has 0 aliphatic carbocycles. The molecule has 0 bridgehead atoms. The van der Waals surface area contributed by atoms with Crippen molar-refractivity contribution in [2.45, 2.75) is 33.1 Å². The van der Waals surface area contributed by atoms with E-state index in [1.165, 1.54) is 0 Å². The lowest BCUT2D eigenvalue weighted by Gasteiger charge is -2.08. The largest absolute Gasteiger partial charge is 0.494 e. The van der Waals surface area contributed by atoms with E-state index in [-0.39, 0.29) is 18.2 Å². The number of rotatable bonds is 9. The third-order valence-corrected chi connectivity index (χ3v) is 3.92. The number of ether oxygens (including phenoxy) is 1. The number of hydrogen-bond acceptors (Lipinski definition) is 3. The number of benzene rings is 2. The topological polar surface area (TPSA) is 55.4 Å². The molecule has 0 atom stereocenters. The second kappa shape index (κ2) is 9.62. The third-order valence-electron chi connectivity index (χ3n) is 3.92. The zero-order valence-corrected chi connectivity index (χ0v) is 14.9. The maximum absolute atomic E-state index is 12.2. The number of carbonyl (C=O) groups is 2. The second-order valence-electron chi connectivity index (χ2n) is 6.05. The molecule has 0 aliphatic rings.